The lowest BCUT2D eigenvalue weighted by atomic mass is 10.2. The second-order valence-electron chi connectivity index (χ2n) is 5.97. The molecule has 1 amide bonds. The maximum Gasteiger partial charge on any atom is 0.282 e. The molecule has 0 aliphatic carbocycles. The van der Waals surface area contributed by atoms with Crippen molar-refractivity contribution in [1.82, 2.24) is 9.78 Å². The van der Waals surface area contributed by atoms with E-state index in [1.807, 2.05) is 60.7 Å². The topological polar surface area (TPSA) is 47.4 Å². The number of para-hydroxylation sites is 2. The number of unbranched alkanes of at least 4 members (excludes halogenated alkanes) is 1. The Bertz CT molecular complexity index is 844. The molecule has 1 heterocycles. The molecule has 0 N–H and O–H groups in total. The van der Waals surface area contributed by atoms with Crippen LogP contribution in [0.2, 0.25) is 0 Å². The molecule has 0 saturated carbocycles. The van der Waals surface area contributed by atoms with Gasteiger partial charge in [0.05, 0.1) is 19.0 Å². The second kappa shape index (κ2) is 8.34. The van der Waals surface area contributed by atoms with Crippen molar-refractivity contribution in [2.75, 3.05) is 18.6 Å². The van der Waals surface area contributed by atoms with Crippen molar-refractivity contribution in [3.8, 4) is 11.4 Å². The molecule has 1 aromatic heterocycles. The number of benzene rings is 2. The van der Waals surface area contributed by atoms with Crippen molar-refractivity contribution in [2.24, 2.45) is 0 Å². The molecular weight excluding hydrogens is 326 g/mol. The van der Waals surface area contributed by atoms with Gasteiger partial charge in [-0.2, -0.15) is 5.10 Å². The lowest BCUT2D eigenvalue weighted by Gasteiger charge is -2.22. The summed E-state index contributed by atoms with van der Waals surface area (Å²) >= 11 is 0. The molecule has 134 valence electrons. The van der Waals surface area contributed by atoms with Crippen LogP contribution in [-0.4, -0.2) is 29.3 Å². The summed E-state index contributed by atoms with van der Waals surface area (Å²) in [5.41, 5.74) is 2.06. The number of hydrogen-bond acceptors (Lipinski definition) is 3. The summed E-state index contributed by atoms with van der Waals surface area (Å²) in [6.45, 7) is 2.75. The van der Waals surface area contributed by atoms with Gasteiger partial charge in [0.1, 0.15) is 0 Å². The lowest BCUT2D eigenvalue weighted by molar-refractivity contribution is 0.0978. The fourth-order valence-electron chi connectivity index (χ4n) is 2.77. The molecule has 0 aliphatic rings. The largest absolute Gasteiger partial charge is 0.493 e. The molecule has 3 aromatic rings. The first-order chi connectivity index (χ1) is 12.7. The molecule has 0 aliphatic heterocycles. The van der Waals surface area contributed by atoms with Crippen molar-refractivity contribution >= 4 is 11.6 Å². The highest BCUT2D eigenvalue weighted by molar-refractivity contribution is 6.06. The highest BCUT2D eigenvalue weighted by Gasteiger charge is 2.24. The van der Waals surface area contributed by atoms with Crippen molar-refractivity contribution in [1.29, 1.82) is 0 Å². The number of rotatable bonds is 7. The van der Waals surface area contributed by atoms with Gasteiger partial charge in [0, 0.05) is 12.2 Å². The molecule has 0 atom stereocenters. The predicted octanol–water partition coefficient (Wildman–Crippen LogP) is 4.33. The van der Waals surface area contributed by atoms with Crippen LogP contribution in [0, 0.1) is 0 Å². The third kappa shape index (κ3) is 3.77. The van der Waals surface area contributed by atoms with Crippen LogP contribution in [0.4, 0.5) is 5.69 Å². The maximum atomic E-state index is 13.2. The Labute approximate surface area is 153 Å². The van der Waals surface area contributed by atoms with E-state index in [9.17, 15) is 4.79 Å². The van der Waals surface area contributed by atoms with Crippen LogP contribution < -0.4 is 9.64 Å². The Kier molecular flexibility index (Phi) is 5.69. The van der Waals surface area contributed by atoms with Crippen LogP contribution in [0.15, 0.2) is 66.9 Å². The summed E-state index contributed by atoms with van der Waals surface area (Å²) in [4.78, 5) is 15.0. The van der Waals surface area contributed by atoms with Gasteiger partial charge < -0.3 is 9.64 Å². The van der Waals surface area contributed by atoms with E-state index in [1.165, 1.54) is 0 Å². The standard InChI is InChI=1S/C21H23N3O2/c1-3-4-15-23(17-11-7-5-8-12-17)21(25)20-19(26-2)16-24(22-20)18-13-9-6-10-14-18/h5-14,16H,3-4,15H2,1-2H3. The Morgan fingerprint density at radius 1 is 1.08 bits per heavy atom. The molecule has 0 fully saturated rings. The molecule has 0 saturated heterocycles. The molecule has 3 rings (SSSR count). The number of ether oxygens (including phenoxy) is 1. The number of carbonyl (C=O) groups excluding carboxylic acids is 1. The van der Waals surface area contributed by atoms with Gasteiger partial charge in [-0.1, -0.05) is 49.7 Å². The summed E-state index contributed by atoms with van der Waals surface area (Å²) in [6, 6.07) is 19.4. The highest BCUT2D eigenvalue weighted by atomic mass is 16.5. The molecule has 5 nitrogen and oxygen atoms in total. The normalized spacial score (nSPS) is 10.5. The smallest absolute Gasteiger partial charge is 0.282 e. The highest BCUT2D eigenvalue weighted by Crippen LogP contribution is 2.24. The number of aromatic nitrogens is 2. The maximum absolute atomic E-state index is 13.2. The summed E-state index contributed by atoms with van der Waals surface area (Å²) in [6.07, 6.45) is 3.67. The first kappa shape index (κ1) is 17.7. The van der Waals surface area contributed by atoms with E-state index in [4.69, 9.17) is 4.74 Å². The third-order valence-corrected chi connectivity index (χ3v) is 4.17. The van der Waals surface area contributed by atoms with Crippen molar-refractivity contribution in [3.05, 3.63) is 72.6 Å². The van der Waals surface area contributed by atoms with Crippen LogP contribution in [0.1, 0.15) is 30.3 Å². The number of anilines is 1. The summed E-state index contributed by atoms with van der Waals surface area (Å²) in [5, 5.41) is 4.51. The van der Waals surface area contributed by atoms with Crippen molar-refractivity contribution in [2.45, 2.75) is 19.8 Å². The van der Waals surface area contributed by atoms with Gasteiger partial charge in [0.25, 0.3) is 5.91 Å². The number of hydrogen-bond donors (Lipinski definition) is 0. The molecule has 0 bridgehead atoms. The Morgan fingerprint density at radius 3 is 2.35 bits per heavy atom. The minimum Gasteiger partial charge on any atom is -0.493 e. The fraction of sp³-hybridized carbons (Fsp3) is 0.238. The van der Waals surface area contributed by atoms with Crippen LogP contribution in [-0.2, 0) is 0 Å². The van der Waals surface area contributed by atoms with Crippen LogP contribution in [0.5, 0.6) is 5.75 Å². The first-order valence-corrected chi connectivity index (χ1v) is 8.80. The van der Waals surface area contributed by atoms with Gasteiger partial charge in [-0.05, 0) is 30.7 Å². The van der Waals surface area contributed by atoms with Crippen molar-refractivity contribution < 1.29 is 9.53 Å². The molecular formula is C21H23N3O2. The minimum atomic E-state index is -0.156. The van der Waals surface area contributed by atoms with E-state index >= 15 is 0 Å². The van der Waals surface area contributed by atoms with Gasteiger partial charge in [-0.15, -0.1) is 0 Å². The fourth-order valence-corrected chi connectivity index (χ4v) is 2.77. The van der Waals surface area contributed by atoms with Crippen LogP contribution in [0.25, 0.3) is 5.69 Å². The zero-order valence-electron chi connectivity index (χ0n) is 15.1. The van der Waals surface area contributed by atoms with E-state index in [1.54, 1.807) is 22.9 Å². The third-order valence-electron chi connectivity index (χ3n) is 4.17. The van der Waals surface area contributed by atoms with Gasteiger partial charge in [0.15, 0.2) is 11.4 Å². The molecule has 0 radical (unpaired) electrons. The zero-order valence-corrected chi connectivity index (χ0v) is 15.1. The van der Waals surface area contributed by atoms with Gasteiger partial charge in [-0.25, -0.2) is 4.68 Å². The lowest BCUT2D eigenvalue weighted by Crippen LogP contribution is -2.32. The average Bonchev–Trinajstić information content (AvgIpc) is 3.14. The van der Waals surface area contributed by atoms with E-state index < -0.39 is 0 Å². The Morgan fingerprint density at radius 2 is 1.73 bits per heavy atom. The number of methoxy groups -OCH3 is 1. The molecule has 5 heteroatoms. The predicted molar refractivity (Wildman–Crippen MR) is 103 cm³/mol. The van der Waals surface area contributed by atoms with E-state index in [0.717, 1.165) is 24.2 Å². The SMILES string of the molecule is CCCCN(C(=O)c1nn(-c2ccccc2)cc1OC)c1ccccc1. The molecule has 26 heavy (non-hydrogen) atoms. The van der Waals surface area contributed by atoms with Gasteiger partial charge in [0.2, 0.25) is 0 Å². The monoisotopic (exact) mass is 349 g/mol. The number of nitrogens with zero attached hydrogens (tertiary/aromatic N) is 3. The molecule has 0 spiro atoms. The first-order valence-electron chi connectivity index (χ1n) is 8.80. The van der Waals surface area contributed by atoms with E-state index in [-0.39, 0.29) is 5.91 Å². The van der Waals surface area contributed by atoms with Gasteiger partial charge >= 0.3 is 0 Å². The van der Waals surface area contributed by atoms with Crippen LogP contribution >= 0.6 is 0 Å². The summed E-state index contributed by atoms with van der Waals surface area (Å²) < 4.78 is 7.10. The Balaban J connectivity index is 1.97. The molecule has 2 aromatic carbocycles. The van der Waals surface area contributed by atoms with Crippen molar-refractivity contribution in [3.63, 3.8) is 0 Å². The minimum absolute atomic E-state index is 0.156. The van der Waals surface area contributed by atoms with Gasteiger partial charge in [-0.3, -0.25) is 4.79 Å². The number of amides is 1. The van der Waals surface area contributed by atoms with Crippen LogP contribution in [0.3, 0.4) is 0 Å². The summed E-state index contributed by atoms with van der Waals surface area (Å²) in [5.74, 6) is 0.312. The quantitative estimate of drug-likeness (QED) is 0.638. The summed E-state index contributed by atoms with van der Waals surface area (Å²) in [7, 11) is 1.56. The zero-order chi connectivity index (χ0) is 18.4. The second-order valence-corrected chi connectivity index (χ2v) is 5.97. The Hall–Kier alpha value is -3.08. The average molecular weight is 349 g/mol. The van der Waals surface area contributed by atoms with E-state index in [0.29, 0.717) is 18.0 Å². The van der Waals surface area contributed by atoms with E-state index in [2.05, 4.69) is 12.0 Å². The number of carbonyl (C=O) groups is 1. The molecule has 0 unspecified atom stereocenters.